The van der Waals surface area contributed by atoms with E-state index in [1.807, 2.05) is 18.9 Å². The van der Waals surface area contributed by atoms with E-state index in [0.717, 1.165) is 13.0 Å². The Labute approximate surface area is 98.8 Å². The lowest BCUT2D eigenvalue weighted by atomic mass is 10.2. The third-order valence-corrected chi connectivity index (χ3v) is 2.74. The van der Waals surface area contributed by atoms with Crippen molar-refractivity contribution in [2.24, 2.45) is 0 Å². The molecule has 0 heterocycles. The van der Waals surface area contributed by atoms with Gasteiger partial charge in [-0.2, -0.15) is 0 Å². The molecule has 1 aromatic rings. The molecule has 0 aromatic heterocycles. The standard InChI is InChI=1S/C10H13Cl2FN2/c1-3-4-15(2)10-6(11)5-7(14)9(13)8(10)12/h5H,3-4,14H2,1-2H3. The van der Waals surface area contributed by atoms with E-state index in [9.17, 15) is 4.39 Å². The van der Waals surface area contributed by atoms with Crippen LogP contribution in [-0.4, -0.2) is 13.6 Å². The van der Waals surface area contributed by atoms with Crippen LogP contribution in [0.4, 0.5) is 15.8 Å². The van der Waals surface area contributed by atoms with E-state index in [1.54, 1.807) is 0 Å². The van der Waals surface area contributed by atoms with Crippen molar-refractivity contribution in [3.63, 3.8) is 0 Å². The van der Waals surface area contributed by atoms with E-state index in [2.05, 4.69) is 0 Å². The summed E-state index contributed by atoms with van der Waals surface area (Å²) in [5.41, 5.74) is 5.87. The van der Waals surface area contributed by atoms with Crippen LogP contribution in [0.25, 0.3) is 0 Å². The highest BCUT2D eigenvalue weighted by molar-refractivity contribution is 6.39. The Morgan fingerprint density at radius 3 is 2.60 bits per heavy atom. The van der Waals surface area contributed by atoms with E-state index in [0.29, 0.717) is 10.7 Å². The van der Waals surface area contributed by atoms with Crippen LogP contribution in [-0.2, 0) is 0 Å². The second-order valence-electron chi connectivity index (χ2n) is 3.35. The lowest BCUT2D eigenvalue weighted by Crippen LogP contribution is -2.19. The van der Waals surface area contributed by atoms with Gasteiger partial charge < -0.3 is 10.6 Å². The van der Waals surface area contributed by atoms with Crippen LogP contribution >= 0.6 is 23.2 Å². The molecular weight excluding hydrogens is 238 g/mol. The van der Waals surface area contributed by atoms with Crippen LogP contribution in [0.2, 0.25) is 10.0 Å². The van der Waals surface area contributed by atoms with Gasteiger partial charge in [-0.3, -0.25) is 0 Å². The summed E-state index contributed by atoms with van der Waals surface area (Å²) in [4.78, 5) is 1.81. The van der Waals surface area contributed by atoms with E-state index in [4.69, 9.17) is 28.9 Å². The summed E-state index contributed by atoms with van der Waals surface area (Å²) in [6.07, 6.45) is 0.926. The van der Waals surface area contributed by atoms with Gasteiger partial charge in [0.15, 0.2) is 5.82 Å². The first-order chi connectivity index (χ1) is 6.99. The quantitative estimate of drug-likeness (QED) is 0.657. The molecule has 2 nitrogen and oxygen atoms in total. The first kappa shape index (κ1) is 12.4. The maximum absolute atomic E-state index is 13.4. The lowest BCUT2D eigenvalue weighted by Gasteiger charge is -2.21. The minimum atomic E-state index is -0.612. The Morgan fingerprint density at radius 2 is 2.07 bits per heavy atom. The number of benzene rings is 1. The Kier molecular flexibility index (Phi) is 4.05. The molecule has 0 unspecified atom stereocenters. The zero-order valence-electron chi connectivity index (χ0n) is 8.65. The van der Waals surface area contributed by atoms with Crippen molar-refractivity contribution < 1.29 is 4.39 Å². The summed E-state index contributed by atoms with van der Waals surface area (Å²) in [5, 5.41) is 0.353. The fourth-order valence-corrected chi connectivity index (χ4v) is 2.16. The van der Waals surface area contributed by atoms with Crippen molar-refractivity contribution in [1.29, 1.82) is 0 Å². The third-order valence-electron chi connectivity index (χ3n) is 2.10. The molecular formula is C10H13Cl2FN2. The largest absolute Gasteiger partial charge is 0.396 e. The maximum Gasteiger partial charge on any atom is 0.166 e. The first-order valence-corrected chi connectivity index (χ1v) is 5.38. The number of anilines is 2. The zero-order valence-corrected chi connectivity index (χ0v) is 10.2. The molecule has 2 N–H and O–H groups in total. The predicted molar refractivity (Wildman–Crippen MR) is 64.4 cm³/mol. The van der Waals surface area contributed by atoms with Crippen molar-refractivity contribution >= 4 is 34.6 Å². The predicted octanol–water partition coefficient (Wildman–Crippen LogP) is 3.56. The zero-order chi connectivity index (χ0) is 11.6. The number of hydrogen-bond acceptors (Lipinski definition) is 2. The van der Waals surface area contributed by atoms with Gasteiger partial charge in [-0.1, -0.05) is 30.1 Å². The summed E-state index contributed by atoms with van der Waals surface area (Å²) < 4.78 is 13.4. The highest BCUT2D eigenvalue weighted by atomic mass is 35.5. The number of nitrogens with zero attached hydrogens (tertiary/aromatic N) is 1. The van der Waals surface area contributed by atoms with Gasteiger partial charge in [0.05, 0.1) is 16.4 Å². The Hall–Kier alpha value is -0.670. The molecule has 0 spiro atoms. The molecule has 0 aliphatic heterocycles. The highest BCUT2D eigenvalue weighted by Gasteiger charge is 2.17. The normalized spacial score (nSPS) is 10.5. The van der Waals surface area contributed by atoms with Crippen molar-refractivity contribution in [3.05, 3.63) is 21.9 Å². The monoisotopic (exact) mass is 250 g/mol. The average molecular weight is 251 g/mol. The molecule has 1 aromatic carbocycles. The SMILES string of the molecule is CCCN(C)c1c(Cl)cc(N)c(F)c1Cl. The Bertz CT molecular complexity index is 369. The first-order valence-electron chi connectivity index (χ1n) is 4.63. The van der Waals surface area contributed by atoms with Crippen LogP contribution in [0, 0.1) is 5.82 Å². The van der Waals surface area contributed by atoms with Crippen LogP contribution in [0.1, 0.15) is 13.3 Å². The molecule has 0 radical (unpaired) electrons. The van der Waals surface area contributed by atoms with Crippen molar-refractivity contribution in [3.8, 4) is 0 Å². The van der Waals surface area contributed by atoms with Crippen molar-refractivity contribution in [2.75, 3.05) is 24.2 Å². The molecule has 0 aliphatic rings. The summed E-state index contributed by atoms with van der Waals surface area (Å²) in [7, 11) is 1.81. The summed E-state index contributed by atoms with van der Waals surface area (Å²) in [6, 6.07) is 1.38. The van der Waals surface area contributed by atoms with Gasteiger partial charge in [-0.15, -0.1) is 0 Å². The van der Waals surface area contributed by atoms with E-state index >= 15 is 0 Å². The van der Waals surface area contributed by atoms with Crippen molar-refractivity contribution in [2.45, 2.75) is 13.3 Å². The molecule has 0 bridgehead atoms. The molecule has 5 heteroatoms. The van der Waals surface area contributed by atoms with Gasteiger partial charge in [0.2, 0.25) is 0 Å². The topological polar surface area (TPSA) is 29.3 Å². The second kappa shape index (κ2) is 4.90. The minimum Gasteiger partial charge on any atom is -0.396 e. The Balaban J connectivity index is 3.23. The fraction of sp³-hybridized carbons (Fsp3) is 0.400. The van der Waals surface area contributed by atoms with Gasteiger partial charge in [-0.25, -0.2) is 4.39 Å². The fourth-order valence-electron chi connectivity index (χ4n) is 1.40. The highest BCUT2D eigenvalue weighted by Crippen LogP contribution is 2.37. The van der Waals surface area contributed by atoms with Crippen LogP contribution in [0.15, 0.2) is 6.07 Å². The molecule has 15 heavy (non-hydrogen) atoms. The lowest BCUT2D eigenvalue weighted by molar-refractivity contribution is 0.632. The molecule has 0 atom stereocenters. The van der Waals surface area contributed by atoms with Gasteiger partial charge in [0.1, 0.15) is 5.02 Å². The minimum absolute atomic E-state index is 0.0176. The van der Waals surface area contributed by atoms with Gasteiger partial charge >= 0.3 is 0 Å². The number of hydrogen-bond donors (Lipinski definition) is 1. The van der Waals surface area contributed by atoms with E-state index in [1.165, 1.54) is 6.07 Å². The van der Waals surface area contributed by atoms with Crippen LogP contribution in [0.3, 0.4) is 0 Å². The average Bonchev–Trinajstić information content (AvgIpc) is 2.15. The van der Waals surface area contributed by atoms with E-state index in [-0.39, 0.29) is 10.7 Å². The molecule has 0 fully saturated rings. The summed E-state index contributed by atoms with van der Waals surface area (Å²) >= 11 is 11.8. The Morgan fingerprint density at radius 1 is 1.47 bits per heavy atom. The molecule has 0 amide bonds. The summed E-state index contributed by atoms with van der Waals surface area (Å²) in [6.45, 7) is 2.77. The van der Waals surface area contributed by atoms with Crippen LogP contribution in [0.5, 0.6) is 0 Å². The van der Waals surface area contributed by atoms with Crippen molar-refractivity contribution in [1.82, 2.24) is 0 Å². The maximum atomic E-state index is 13.4. The third kappa shape index (κ3) is 2.47. The number of nitrogen functional groups attached to an aromatic ring is 1. The number of nitrogens with two attached hydrogens (primary N) is 1. The van der Waals surface area contributed by atoms with Gasteiger partial charge in [-0.05, 0) is 12.5 Å². The molecule has 0 aliphatic carbocycles. The van der Waals surface area contributed by atoms with Crippen LogP contribution < -0.4 is 10.6 Å². The van der Waals surface area contributed by atoms with Gasteiger partial charge in [0.25, 0.3) is 0 Å². The van der Waals surface area contributed by atoms with Gasteiger partial charge in [0, 0.05) is 13.6 Å². The number of rotatable bonds is 3. The van der Waals surface area contributed by atoms with E-state index < -0.39 is 5.82 Å². The summed E-state index contributed by atoms with van der Waals surface area (Å²) in [5.74, 6) is -0.612. The molecule has 1 rings (SSSR count). The number of halogens is 3. The molecule has 0 saturated heterocycles. The smallest absolute Gasteiger partial charge is 0.166 e. The second-order valence-corrected chi connectivity index (χ2v) is 4.13. The molecule has 0 saturated carbocycles. The molecule has 84 valence electrons.